The fourth-order valence-electron chi connectivity index (χ4n) is 1.69. The molecule has 0 aliphatic rings. The van der Waals surface area contributed by atoms with Gasteiger partial charge in [-0.3, -0.25) is 0 Å². The molecule has 0 amide bonds. The Kier molecular flexibility index (Phi) is 6.32. The van der Waals surface area contributed by atoms with E-state index in [2.05, 4.69) is 36.6 Å². The van der Waals surface area contributed by atoms with E-state index >= 15 is 0 Å². The quantitative estimate of drug-likeness (QED) is 0.679. The highest BCUT2D eigenvalue weighted by Gasteiger charge is 2.33. The zero-order chi connectivity index (χ0) is 14.7. The molecule has 0 spiro atoms. The second-order valence-corrected chi connectivity index (χ2v) is 7.72. The maximum Gasteiger partial charge on any atom is 0.243 e. The lowest BCUT2D eigenvalue weighted by atomic mass is 9.97. The van der Waals surface area contributed by atoms with Gasteiger partial charge in [0.05, 0.1) is 5.02 Å². The van der Waals surface area contributed by atoms with Crippen LogP contribution in [0.3, 0.4) is 0 Å². The molecule has 0 radical (unpaired) electrons. The summed E-state index contributed by atoms with van der Waals surface area (Å²) in [6.45, 7) is 3.91. The zero-order valence-electron chi connectivity index (χ0n) is 10.7. The Labute approximate surface area is 136 Å². The first-order valence-corrected chi connectivity index (χ1v) is 9.63. The summed E-state index contributed by atoms with van der Waals surface area (Å²) in [6, 6.07) is 4.92. The molecule has 1 aromatic carbocycles. The first kappa shape index (κ1) is 17.4. The van der Waals surface area contributed by atoms with Crippen LogP contribution in [0.25, 0.3) is 0 Å². The van der Waals surface area contributed by atoms with Crippen molar-refractivity contribution < 1.29 is 8.42 Å². The molecule has 0 atom stereocenters. The molecule has 0 saturated heterocycles. The van der Waals surface area contributed by atoms with Crippen LogP contribution < -0.4 is 4.72 Å². The van der Waals surface area contributed by atoms with E-state index in [1.54, 1.807) is 18.2 Å². The Balaban J connectivity index is 3.26. The van der Waals surface area contributed by atoms with Crippen LogP contribution in [0.1, 0.15) is 26.7 Å². The van der Waals surface area contributed by atoms with Crippen LogP contribution >= 0.6 is 43.5 Å². The molecular weight excluding hydrogens is 417 g/mol. The Hall–Kier alpha value is 0.380. The summed E-state index contributed by atoms with van der Waals surface area (Å²) in [4.78, 5) is 0.0869. The van der Waals surface area contributed by atoms with Crippen LogP contribution in [0.4, 0.5) is 0 Å². The Morgan fingerprint density at radius 3 is 2.32 bits per heavy atom. The molecule has 3 nitrogen and oxygen atoms in total. The number of hydrogen-bond donors (Lipinski definition) is 1. The molecule has 1 rings (SSSR count). The van der Waals surface area contributed by atoms with Gasteiger partial charge in [0, 0.05) is 15.3 Å². The molecule has 1 aromatic rings. The van der Waals surface area contributed by atoms with Gasteiger partial charge in [-0.2, -0.15) is 0 Å². The normalized spacial score (nSPS) is 12.7. The van der Waals surface area contributed by atoms with Crippen LogP contribution in [-0.2, 0) is 10.0 Å². The molecule has 0 bridgehead atoms. The first-order chi connectivity index (χ1) is 8.82. The van der Waals surface area contributed by atoms with Gasteiger partial charge in [0.25, 0.3) is 0 Å². The van der Waals surface area contributed by atoms with Crippen molar-refractivity contribution >= 4 is 53.5 Å². The summed E-state index contributed by atoms with van der Waals surface area (Å²) < 4.78 is 28.3. The SMILES string of the molecule is CCC(CC)(CBr)NS(=O)(=O)c1c(Cl)cccc1Br. The largest absolute Gasteiger partial charge is 0.243 e. The highest BCUT2D eigenvalue weighted by Crippen LogP contribution is 2.31. The fourth-order valence-corrected chi connectivity index (χ4v) is 6.09. The molecule has 0 aliphatic heterocycles. The highest BCUT2D eigenvalue weighted by atomic mass is 79.9. The number of sulfonamides is 1. The van der Waals surface area contributed by atoms with Crippen LogP contribution in [0.2, 0.25) is 5.02 Å². The average molecular weight is 434 g/mol. The van der Waals surface area contributed by atoms with E-state index in [4.69, 9.17) is 11.6 Å². The van der Waals surface area contributed by atoms with Crippen LogP contribution in [-0.4, -0.2) is 19.3 Å². The van der Waals surface area contributed by atoms with Crippen molar-refractivity contribution in [3.8, 4) is 0 Å². The maximum absolute atomic E-state index is 12.5. The molecule has 1 N–H and O–H groups in total. The summed E-state index contributed by atoms with van der Waals surface area (Å²) in [5.74, 6) is 0. The van der Waals surface area contributed by atoms with E-state index in [0.29, 0.717) is 22.6 Å². The third-order valence-corrected chi connectivity index (χ3v) is 7.25. The topological polar surface area (TPSA) is 46.2 Å². The number of hydrogen-bond acceptors (Lipinski definition) is 2. The summed E-state index contributed by atoms with van der Waals surface area (Å²) in [5.41, 5.74) is -0.503. The molecule has 108 valence electrons. The van der Waals surface area contributed by atoms with Gasteiger partial charge in [0.15, 0.2) is 0 Å². The average Bonchev–Trinajstić information content (AvgIpc) is 2.35. The van der Waals surface area contributed by atoms with Gasteiger partial charge in [0.2, 0.25) is 10.0 Å². The van der Waals surface area contributed by atoms with E-state index in [1.165, 1.54) is 0 Å². The van der Waals surface area contributed by atoms with Crippen LogP contribution in [0.5, 0.6) is 0 Å². The molecule has 0 fully saturated rings. The van der Waals surface area contributed by atoms with E-state index in [0.717, 1.165) is 0 Å². The van der Waals surface area contributed by atoms with Crippen molar-refractivity contribution in [1.29, 1.82) is 0 Å². The number of nitrogens with one attached hydrogen (secondary N) is 1. The van der Waals surface area contributed by atoms with Crippen LogP contribution in [0, 0.1) is 0 Å². The van der Waals surface area contributed by atoms with Gasteiger partial charge in [-0.15, -0.1) is 0 Å². The smallest absolute Gasteiger partial charge is 0.207 e. The Bertz CT molecular complexity index is 516. The summed E-state index contributed by atoms with van der Waals surface area (Å²) in [7, 11) is -3.67. The maximum atomic E-state index is 12.5. The third kappa shape index (κ3) is 3.94. The molecule has 0 heterocycles. The number of rotatable bonds is 6. The second-order valence-electron chi connectivity index (χ2n) is 4.28. The highest BCUT2D eigenvalue weighted by molar-refractivity contribution is 9.10. The van der Waals surface area contributed by atoms with Crippen molar-refractivity contribution in [2.24, 2.45) is 0 Å². The van der Waals surface area contributed by atoms with Crippen LogP contribution in [0.15, 0.2) is 27.6 Å². The molecule has 0 saturated carbocycles. The molecule has 19 heavy (non-hydrogen) atoms. The van der Waals surface area contributed by atoms with Gasteiger partial charge in [0.1, 0.15) is 4.90 Å². The molecule has 0 aliphatic carbocycles. The predicted octanol–water partition coefficient (Wildman–Crippen LogP) is 4.33. The summed E-state index contributed by atoms with van der Waals surface area (Å²) >= 11 is 12.6. The minimum Gasteiger partial charge on any atom is -0.207 e. The van der Waals surface area contributed by atoms with Gasteiger partial charge in [-0.05, 0) is 40.9 Å². The van der Waals surface area contributed by atoms with E-state index in [9.17, 15) is 8.42 Å². The minimum absolute atomic E-state index is 0.0869. The minimum atomic E-state index is -3.67. The summed E-state index contributed by atoms with van der Waals surface area (Å²) in [6.07, 6.45) is 1.38. The first-order valence-electron chi connectivity index (χ1n) is 5.86. The van der Waals surface area contributed by atoms with Crippen molar-refractivity contribution in [1.82, 2.24) is 4.72 Å². The zero-order valence-corrected chi connectivity index (χ0v) is 15.5. The third-order valence-electron chi connectivity index (χ3n) is 3.15. The van der Waals surface area contributed by atoms with Gasteiger partial charge >= 0.3 is 0 Å². The molecular formula is C12H16Br2ClNO2S. The van der Waals surface area contributed by atoms with E-state index < -0.39 is 15.6 Å². The van der Waals surface area contributed by atoms with E-state index in [-0.39, 0.29) is 9.92 Å². The predicted molar refractivity (Wildman–Crippen MR) is 86.6 cm³/mol. The van der Waals surface area contributed by atoms with Gasteiger partial charge < -0.3 is 0 Å². The van der Waals surface area contributed by atoms with Crippen molar-refractivity contribution in [3.05, 3.63) is 27.7 Å². The van der Waals surface area contributed by atoms with Crippen molar-refractivity contribution in [3.63, 3.8) is 0 Å². The lowest BCUT2D eigenvalue weighted by Crippen LogP contribution is -2.49. The Morgan fingerprint density at radius 1 is 1.32 bits per heavy atom. The standard InChI is InChI=1S/C12H16Br2ClNO2S/c1-3-12(4-2,8-13)16-19(17,18)11-9(14)6-5-7-10(11)15/h5-7,16H,3-4,8H2,1-2H3. The van der Waals surface area contributed by atoms with E-state index in [1.807, 2.05) is 13.8 Å². The fraction of sp³-hybridized carbons (Fsp3) is 0.500. The molecule has 7 heteroatoms. The second kappa shape index (κ2) is 6.89. The van der Waals surface area contributed by atoms with Gasteiger partial charge in [-0.25, -0.2) is 13.1 Å². The van der Waals surface area contributed by atoms with Gasteiger partial charge in [-0.1, -0.05) is 47.4 Å². The monoisotopic (exact) mass is 431 g/mol. The molecule has 0 unspecified atom stereocenters. The number of halogens is 3. The Morgan fingerprint density at radius 2 is 1.89 bits per heavy atom. The van der Waals surface area contributed by atoms with Crippen molar-refractivity contribution in [2.45, 2.75) is 37.1 Å². The lowest BCUT2D eigenvalue weighted by Gasteiger charge is -2.30. The number of benzene rings is 1. The molecule has 0 aromatic heterocycles. The van der Waals surface area contributed by atoms with Crippen molar-refractivity contribution in [2.75, 3.05) is 5.33 Å². The summed E-state index contributed by atoms with van der Waals surface area (Å²) in [5, 5.41) is 0.756. The lowest BCUT2D eigenvalue weighted by molar-refractivity contribution is 0.398. The number of alkyl halides is 1.